The van der Waals surface area contributed by atoms with E-state index in [1.165, 1.54) is 0 Å². The quantitative estimate of drug-likeness (QED) is 0.779. The summed E-state index contributed by atoms with van der Waals surface area (Å²) in [6, 6.07) is 3.43. The SMILES string of the molecule is CC(C)[C@H](NC(=O)Nc1ccc2c(c1)OCO2)C(=O)O. The molecule has 3 N–H and O–H groups in total. The van der Waals surface area contributed by atoms with E-state index in [4.69, 9.17) is 14.6 Å². The van der Waals surface area contributed by atoms with Crippen molar-refractivity contribution in [3.8, 4) is 11.5 Å². The van der Waals surface area contributed by atoms with Crippen LogP contribution in [0.2, 0.25) is 0 Å². The number of carboxylic acids is 1. The van der Waals surface area contributed by atoms with Gasteiger partial charge in [0.05, 0.1) is 0 Å². The summed E-state index contributed by atoms with van der Waals surface area (Å²) in [4.78, 5) is 22.8. The van der Waals surface area contributed by atoms with E-state index >= 15 is 0 Å². The predicted molar refractivity (Wildman–Crippen MR) is 71.0 cm³/mol. The summed E-state index contributed by atoms with van der Waals surface area (Å²) in [5.74, 6) is -0.126. The second kappa shape index (κ2) is 5.68. The molecule has 1 aromatic carbocycles. The Hall–Kier alpha value is -2.44. The average molecular weight is 280 g/mol. The van der Waals surface area contributed by atoms with Gasteiger partial charge >= 0.3 is 12.0 Å². The number of carboxylic acid groups (broad SMARTS) is 1. The highest BCUT2D eigenvalue weighted by atomic mass is 16.7. The van der Waals surface area contributed by atoms with Gasteiger partial charge in [-0.25, -0.2) is 9.59 Å². The van der Waals surface area contributed by atoms with Gasteiger partial charge in [0.15, 0.2) is 11.5 Å². The van der Waals surface area contributed by atoms with E-state index in [2.05, 4.69) is 10.6 Å². The molecule has 0 spiro atoms. The van der Waals surface area contributed by atoms with Crippen LogP contribution in [0.3, 0.4) is 0 Å². The van der Waals surface area contributed by atoms with Gasteiger partial charge in [0.2, 0.25) is 6.79 Å². The summed E-state index contributed by atoms with van der Waals surface area (Å²) in [5.41, 5.74) is 0.500. The van der Waals surface area contributed by atoms with Crippen LogP contribution in [-0.2, 0) is 4.79 Å². The van der Waals surface area contributed by atoms with Crippen molar-refractivity contribution in [1.29, 1.82) is 0 Å². The van der Waals surface area contributed by atoms with Crippen molar-refractivity contribution in [3.63, 3.8) is 0 Å². The normalized spacial score (nSPS) is 13.9. The number of urea groups is 1. The molecule has 0 saturated carbocycles. The number of amides is 2. The lowest BCUT2D eigenvalue weighted by atomic mass is 10.1. The number of aliphatic carboxylic acids is 1. The van der Waals surface area contributed by atoms with Crippen LogP contribution < -0.4 is 20.1 Å². The first-order valence-electron chi connectivity index (χ1n) is 6.17. The molecule has 0 bridgehead atoms. The van der Waals surface area contributed by atoms with E-state index < -0.39 is 18.0 Å². The van der Waals surface area contributed by atoms with Crippen LogP contribution in [0.4, 0.5) is 10.5 Å². The topological polar surface area (TPSA) is 96.9 Å². The van der Waals surface area contributed by atoms with Crippen molar-refractivity contribution in [3.05, 3.63) is 18.2 Å². The Kier molecular flexibility index (Phi) is 3.97. The van der Waals surface area contributed by atoms with Gasteiger partial charge in [-0.3, -0.25) is 0 Å². The molecular formula is C13H16N2O5. The molecule has 0 fully saturated rings. The Morgan fingerprint density at radius 1 is 1.25 bits per heavy atom. The van der Waals surface area contributed by atoms with Crippen molar-refractivity contribution in [2.45, 2.75) is 19.9 Å². The van der Waals surface area contributed by atoms with Crippen LogP contribution >= 0.6 is 0 Å². The Morgan fingerprint density at radius 3 is 2.60 bits per heavy atom. The van der Waals surface area contributed by atoms with Gasteiger partial charge in [-0.05, 0) is 18.1 Å². The Labute approximate surface area is 115 Å². The molecule has 0 saturated heterocycles. The van der Waals surface area contributed by atoms with Crippen LogP contribution in [0.5, 0.6) is 11.5 Å². The fraction of sp³-hybridized carbons (Fsp3) is 0.385. The molecule has 1 heterocycles. The highest BCUT2D eigenvalue weighted by Crippen LogP contribution is 2.34. The maximum atomic E-state index is 11.8. The monoisotopic (exact) mass is 280 g/mol. The lowest BCUT2D eigenvalue weighted by Gasteiger charge is -2.18. The standard InChI is InChI=1S/C13H16N2O5/c1-7(2)11(12(16)17)15-13(18)14-8-3-4-9-10(5-8)20-6-19-9/h3-5,7,11H,6H2,1-2H3,(H,16,17)(H2,14,15,18)/t11-/m0/s1. The minimum Gasteiger partial charge on any atom is -0.480 e. The summed E-state index contributed by atoms with van der Waals surface area (Å²) < 4.78 is 10.3. The average Bonchev–Trinajstić information content (AvgIpc) is 2.82. The molecule has 0 aliphatic carbocycles. The molecule has 108 valence electrons. The first-order chi connectivity index (χ1) is 9.47. The molecule has 0 aromatic heterocycles. The van der Waals surface area contributed by atoms with Crippen molar-refractivity contribution in [1.82, 2.24) is 5.32 Å². The zero-order valence-electron chi connectivity index (χ0n) is 11.2. The van der Waals surface area contributed by atoms with Gasteiger partial charge in [-0.2, -0.15) is 0 Å². The predicted octanol–water partition coefficient (Wildman–Crippen LogP) is 1.65. The second-order valence-corrected chi connectivity index (χ2v) is 4.73. The number of anilines is 1. The maximum Gasteiger partial charge on any atom is 0.326 e. The van der Waals surface area contributed by atoms with Gasteiger partial charge in [0.1, 0.15) is 6.04 Å². The maximum absolute atomic E-state index is 11.8. The smallest absolute Gasteiger partial charge is 0.326 e. The van der Waals surface area contributed by atoms with Crippen LogP contribution in [-0.4, -0.2) is 29.9 Å². The molecule has 1 atom stereocenters. The molecule has 2 amide bonds. The van der Waals surface area contributed by atoms with E-state index in [9.17, 15) is 9.59 Å². The van der Waals surface area contributed by atoms with Crippen molar-refractivity contribution in [2.24, 2.45) is 5.92 Å². The van der Waals surface area contributed by atoms with Crippen molar-refractivity contribution < 1.29 is 24.2 Å². The molecule has 0 unspecified atom stereocenters. The Morgan fingerprint density at radius 2 is 1.95 bits per heavy atom. The molecule has 1 aliphatic heterocycles. The summed E-state index contributed by atoms with van der Waals surface area (Å²) >= 11 is 0. The van der Waals surface area contributed by atoms with Gasteiger partial charge < -0.3 is 25.2 Å². The van der Waals surface area contributed by atoms with Gasteiger partial charge in [0.25, 0.3) is 0 Å². The summed E-state index contributed by atoms with van der Waals surface area (Å²) in [7, 11) is 0. The van der Waals surface area contributed by atoms with Crippen LogP contribution in [0.1, 0.15) is 13.8 Å². The summed E-state index contributed by atoms with van der Waals surface area (Å²) in [5, 5.41) is 14.0. The van der Waals surface area contributed by atoms with Crippen LogP contribution in [0, 0.1) is 5.92 Å². The number of rotatable bonds is 4. The number of carbonyl (C=O) groups is 2. The number of hydrogen-bond acceptors (Lipinski definition) is 4. The third kappa shape index (κ3) is 3.11. The zero-order valence-corrected chi connectivity index (χ0v) is 11.2. The molecule has 20 heavy (non-hydrogen) atoms. The highest BCUT2D eigenvalue weighted by Gasteiger charge is 2.23. The molecular weight excluding hydrogens is 264 g/mol. The minimum absolute atomic E-state index is 0.152. The minimum atomic E-state index is -1.07. The molecule has 1 aliphatic rings. The van der Waals surface area contributed by atoms with E-state index in [1.807, 2.05) is 0 Å². The van der Waals surface area contributed by atoms with Crippen LogP contribution in [0.25, 0.3) is 0 Å². The molecule has 2 rings (SSSR count). The Balaban J connectivity index is 1.99. The van der Waals surface area contributed by atoms with Crippen LogP contribution in [0.15, 0.2) is 18.2 Å². The molecule has 7 nitrogen and oxygen atoms in total. The summed E-state index contributed by atoms with van der Waals surface area (Å²) in [6.07, 6.45) is 0. The fourth-order valence-electron chi connectivity index (χ4n) is 1.80. The van der Waals surface area contributed by atoms with E-state index in [0.29, 0.717) is 17.2 Å². The van der Waals surface area contributed by atoms with Gasteiger partial charge in [0, 0.05) is 11.8 Å². The van der Waals surface area contributed by atoms with E-state index in [1.54, 1.807) is 32.0 Å². The first kappa shape index (κ1) is 14.0. The molecule has 0 radical (unpaired) electrons. The first-order valence-corrected chi connectivity index (χ1v) is 6.17. The fourth-order valence-corrected chi connectivity index (χ4v) is 1.80. The third-order valence-corrected chi connectivity index (χ3v) is 2.85. The largest absolute Gasteiger partial charge is 0.480 e. The van der Waals surface area contributed by atoms with Crippen molar-refractivity contribution >= 4 is 17.7 Å². The zero-order chi connectivity index (χ0) is 14.7. The molecule has 1 aromatic rings. The number of hydrogen-bond donors (Lipinski definition) is 3. The van der Waals surface area contributed by atoms with Gasteiger partial charge in [-0.1, -0.05) is 13.8 Å². The summed E-state index contributed by atoms with van der Waals surface area (Å²) in [6.45, 7) is 3.60. The number of ether oxygens (including phenoxy) is 2. The lowest BCUT2D eigenvalue weighted by molar-refractivity contribution is -0.140. The number of benzene rings is 1. The van der Waals surface area contributed by atoms with Gasteiger partial charge in [-0.15, -0.1) is 0 Å². The number of carbonyl (C=O) groups excluding carboxylic acids is 1. The second-order valence-electron chi connectivity index (χ2n) is 4.73. The van der Waals surface area contributed by atoms with E-state index in [-0.39, 0.29) is 12.7 Å². The van der Waals surface area contributed by atoms with Crippen molar-refractivity contribution in [2.75, 3.05) is 12.1 Å². The molecule has 7 heteroatoms. The lowest BCUT2D eigenvalue weighted by Crippen LogP contribution is -2.46. The number of fused-ring (bicyclic) bond motifs is 1. The third-order valence-electron chi connectivity index (χ3n) is 2.85. The Bertz CT molecular complexity index is 529. The number of nitrogens with one attached hydrogen (secondary N) is 2. The van der Waals surface area contributed by atoms with E-state index in [0.717, 1.165) is 0 Å². The highest BCUT2D eigenvalue weighted by molar-refractivity contribution is 5.92.